The zero-order valence-corrected chi connectivity index (χ0v) is 16.3. The van der Waals surface area contributed by atoms with Gasteiger partial charge >= 0.3 is 6.03 Å². The summed E-state index contributed by atoms with van der Waals surface area (Å²) in [5.41, 5.74) is 2.00. The molecule has 5 nitrogen and oxygen atoms in total. The number of piperidine rings is 1. The summed E-state index contributed by atoms with van der Waals surface area (Å²) in [6.07, 6.45) is 1.48. The molecule has 0 saturated carbocycles. The van der Waals surface area contributed by atoms with Gasteiger partial charge in [-0.05, 0) is 62.1 Å². The number of likely N-dealkylation sites (tertiary alicyclic amines) is 1. The van der Waals surface area contributed by atoms with Crippen LogP contribution in [0.15, 0.2) is 48.5 Å². The molecule has 1 unspecified atom stereocenters. The summed E-state index contributed by atoms with van der Waals surface area (Å²) < 4.78 is 13.0. The van der Waals surface area contributed by atoms with Crippen molar-refractivity contribution in [1.82, 2.24) is 10.2 Å². The Morgan fingerprint density at radius 3 is 2.64 bits per heavy atom. The van der Waals surface area contributed by atoms with Crippen LogP contribution in [0.3, 0.4) is 0 Å². The van der Waals surface area contributed by atoms with E-state index >= 15 is 0 Å². The molecule has 0 radical (unpaired) electrons. The lowest BCUT2D eigenvalue weighted by atomic mass is 9.81. The highest BCUT2D eigenvalue weighted by molar-refractivity contribution is 5.90. The molecule has 2 aromatic carbocycles. The van der Waals surface area contributed by atoms with E-state index in [2.05, 4.69) is 10.6 Å². The van der Waals surface area contributed by atoms with Crippen LogP contribution in [0.4, 0.5) is 14.9 Å². The lowest BCUT2D eigenvalue weighted by molar-refractivity contribution is -0.132. The first-order valence-electron chi connectivity index (χ1n) is 9.51. The van der Waals surface area contributed by atoms with E-state index in [1.165, 1.54) is 12.1 Å². The first-order chi connectivity index (χ1) is 13.4. The number of aryl methyl sites for hydroxylation is 1. The number of nitrogens with zero attached hydrogens (tertiary/aromatic N) is 1. The minimum Gasteiger partial charge on any atom is -0.351 e. The predicted molar refractivity (Wildman–Crippen MR) is 107 cm³/mol. The minimum absolute atomic E-state index is 0.0927. The molecule has 1 heterocycles. The highest BCUT2D eigenvalue weighted by Gasteiger charge is 2.39. The monoisotopic (exact) mass is 383 g/mol. The third-order valence-corrected chi connectivity index (χ3v) is 5.17. The largest absolute Gasteiger partial charge is 0.351 e. The van der Waals surface area contributed by atoms with Gasteiger partial charge in [-0.1, -0.05) is 24.3 Å². The fourth-order valence-corrected chi connectivity index (χ4v) is 3.52. The standard InChI is InChI=1S/C22H26FN3O2/c1-16-5-3-6-19(13-16)25-21(28)26-12-4-11-22(2,15-26)20(27)24-14-17-7-9-18(23)10-8-17/h3,5-10,13H,4,11-12,14-15H2,1-2H3,(H,24,27)(H,25,28). The average Bonchev–Trinajstić information content (AvgIpc) is 2.67. The highest BCUT2D eigenvalue weighted by atomic mass is 19.1. The van der Waals surface area contributed by atoms with Crippen LogP contribution in [-0.2, 0) is 11.3 Å². The van der Waals surface area contributed by atoms with Gasteiger partial charge in [-0.2, -0.15) is 0 Å². The Hall–Kier alpha value is -2.89. The maximum atomic E-state index is 13.0. The Morgan fingerprint density at radius 1 is 1.18 bits per heavy atom. The molecule has 0 aliphatic carbocycles. The quantitative estimate of drug-likeness (QED) is 0.836. The van der Waals surface area contributed by atoms with Crippen LogP contribution in [-0.4, -0.2) is 29.9 Å². The summed E-state index contributed by atoms with van der Waals surface area (Å²) in [6.45, 7) is 5.18. The summed E-state index contributed by atoms with van der Waals surface area (Å²) in [5.74, 6) is -0.394. The summed E-state index contributed by atoms with van der Waals surface area (Å²) in [5, 5.41) is 5.84. The Bertz CT molecular complexity index is 853. The van der Waals surface area contributed by atoms with Crippen LogP contribution in [0, 0.1) is 18.2 Å². The first kappa shape index (κ1) is 19.9. The van der Waals surface area contributed by atoms with Crippen molar-refractivity contribution in [3.63, 3.8) is 0 Å². The van der Waals surface area contributed by atoms with Crippen molar-refractivity contribution in [2.24, 2.45) is 5.41 Å². The SMILES string of the molecule is Cc1cccc(NC(=O)N2CCCC(C)(C(=O)NCc3ccc(F)cc3)C2)c1. The highest BCUT2D eigenvalue weighted by Crippen LogP contribution is 2.30. The number of anilines is 1. The topological polar surface area (TPSA) is 61.4 Å². The van der Waals surface area contributed by atoms with Crippen molar-refractivity contribution in [3.8, 4) is 0 Å². The van der Waals surface area contributed by atoms with Crippen molar-refractivity contribution >= 4 is 17.6 Å². The van der Waals surface area contributed by atoms with Crippen molar-refractivity contribution < 1.29 is 14.0 Å². The molecule has 1 aliphatic rings. The molecule has 3 amide bonds. The van der Waals surface area contributed by atoms with Crippen LogP contribution in [0.1, 0.15) is 30.9 Å². The maximum Gasteiger partial charge on any atom is 0.321 e. The van der Waals surface area contributed by atoms with Crippen molar-refractivity contribution in [3.05, 3.63) is 65.5 Å². The van der Waals surface area contributed by atoms with E-state index in [4.69, 9.17) is 0 Å². The van der Waals surface area contributed by atoms with Gasteiger partial charge in [0.2, 0.25) is 5.91 Å². The van der Waals surface area contributed by atoms with Gasteiger partial charge in [0.05, 0.1) is 5.41 Å². The second-order valence-electron chi connectivity index (χ2n) is 7.69. The van der Waals surface area contributed by atoms with Crippen molar-refractivity contribution in [2.45, 2.75) is 33.2 Å². The average molecular weight is 383 g/mol. The molecule has 6 heteroatoms. The molecule has 3 rings (SSSR count). The number of amides is 3. The number of nitrogens with one attached hydrogen (secondary N) is 2. The van der Waals surface area contributed by atoms with Crippen molar-refractivity contribution in [1.29, 1.82) is 0 Å². The second-order valence-corrected chi connectivity index (χ2v) is 7.69. The zero-order valence-electron chi connectivity index (χ0n) is 16.3. The van der Waals surface area contributed by atoms with Crippen LogP contribution in [0.25, 0.3) is 0 Å². The normalized spacial score (nSPS) is 19.2. The summed E-state index contributed by atoms with van der Waals surface area (Å²) in [4.78, 5) is 27.1. The predicted octanol–water partition coefficient (Wildman–Crippen LogP) is 4.08. The van der Waals surface area contributed by atoms with Crippen LogP contribution < -0.4 is 10.6 Å². The molecule has 2 aromatic rings. The third-order valence-electron chi connectivity index (χ3n) is 5.17. The molecule has 2 N–H and O–H groups in total. The smallest absolute Gasteiger partial charge is 0.321 e. The van der Waals surface area contributed by atoms with Crippen LogP contribution in [0.5, 0.6) is 0 Å². The Balaban J connectivity index is 1.59. The van der Waals surface area contributed by atoms with E-state index in [1.54, 1.807) is 17.0 Å². The molecule has 0 aromatic heterocycles. The zero-order chi connectivity index (χ0) is 20.1. The number of hydrogen-bond acceptors (Lipinski definition) is 2. The van der Waals surface area contributed by atoms with E-state index in [0.29, 0.717) is 19.6 Å². The minimum atomic E-state index is -0.651. The molecule has 1 atom stereocenters. The number of rotatable bonds is 4. The Morgan fingerprint density at radius 2 is 1.93 bits per heavy atom. The first-order valence-corrected chi connectivity index (χ1v) is 9.51. The maximum absolute atomic E-state index is 13.0. The van der Waals surface area contributed by atoms with E-state index in [9.17, 15) is 14.0 Å². The number of benzene rings is 2. The van der Waals surface area contributed by atoms with E-state index in [-0.39, 0.29) is 17.8 Å². The lowest BCUT2D eigenvalue weighted by Gasteiger charge is -2.39. The van der Waals surface area contributed by atoms with E-state index in [1.807, 2.05) is 38.1 Å². The van der Waals surface area contributed by atoms with Crippen molar-refractivity contribution in [2.75, 3.05) is 18.4 Å². The number of carbonyl (C=O) groups is 2. The van der Waals surface area contributed by atoms with Gasteiger partial charge in [0.15, 0.2) is 0 Å². The van der Waals surface area contributed by atoms with Gasteiger partial charge < -0.3 is 15.5 Å². The summed E-state index contributed by atoms with van der Waals surface area (Å²) in [7, 11) is 0. The second kappa shape index (κ2) is 8.42. The molecule has 148 valence electrons. The summed E-state index contributed by atoms with van der Waals surface area (Å²) >= 11 is 0. The van der Waals surface area contributed by atoms with Crippen LogP contribution >= 0.6 is 0 Å². The van der Waals surface area contributed by atoms with Gasteiger partial charge in [0, 0.05) is 25.3 Å². The van der Waals surface area contributed by atoms with Crippen LogP contribution in [0.2, 0.25) is 0 Å². The third kappa shape index (κ3) is 4.88. The van der Waals surface area contributed by atoms with Gasteiger partial charge in [-0.3, -0.25) is 4.79 Å². The fraction of sp³-hybridized carbons (Fsp3) is 0.364. The molecule has 1 aliphatic heterocycles. The molecule has 0 spiro atoms. The van der Waals surface area contributed by atoms with Gasteiger partial charge in [0.1, 0.15) is 5.82 Å². The lowest BCUT2D eigenvalue weighted by Crippen LogP contribution is -2.52. The molecular formula is C22H26FN3O2. The number of hydrogen-bond donors (Lipinski definition) is 2. The molecule has 28 heavy (non-hydrogen) atoms. The van der Waals surface area contributed by atoms with E-state index < -0.39 is 5.41 Å². The van der Waals surface area contributed by atoms with Gasteiger partial charge in [-0.15, -0.1) is 0 Å². The Labute approximate surface area is 164 Å². The fourth-order valence-electron chi connectivity index (χ4n) is 3.52. The number of halogens is 1. The molecule has 1 saturated heterocycles. The van der Waals surface area contributed by atoms with Gasteiger partial charge in [0.25, 0.3) is 0 Å². The van der Waals surface area contributed by atoms with Gasteiger partial charge in [-0.25, -0.2) is 9.18 Å². The number of carbonyl (C=O) groups excluding carboxylic acids is 2. The summed E-state index contributed by atoms with van der Waals surface area (Å²) in [6, 6.07) is 13.5. The molecule has 1 fully saturated rings. The number of urea groups is 1. The molecule has 0 bridgehead atoms. The Kier molecular flexibility index (Phi) is 5.97. The molecular weight excluding hydrogens is 357 g/mol. The van der Waals surface area contributed by atoms with E-state index in [0.717, 1.165) is 29.7 Å².